The summed E-state index contributed by atoms with van der Waals surface area (Å²) in [6.07, 6.45) is -0.838. The summed E-state index contributed by atoms with van der Waals surface area (Å²) >= 11 is 0. The Hall–Kier alpha value is -4.21. The van der Waals surface area contributed by atoms with Crippen LogP contribution in [0.2, 0.25) is 0 Å². The van der Waals surface area contributed by atoms with E-state index in [-0.39, 0.29) is 24.0 Å². The average Bonchev–Trinajstić information content (AvgIpc) is 3.32. The largest absolute Gasteiger partial charge is 0.493 e. The van der Waals surface area contributed by atoms with Crippen molar-refractivity contribution >= 4 is 16.8 Å². The second kappa shape index (κ2) is 11.5. The number of carbonyl (C=O) groups is 1. The summed E-state index contributed by atoms with van der Waals surface area (Å²) in [5.41, 5.74) is 2.77. The van der Waals surface area contributed by atoms with Crippen LogP contribution in [-0.4, -0.2) is 60.9 Å². The predicted octanol–water partition coefficient (Wildman–Crippen LogP) is 6.14. The number of nitrogens with one attached hydrogen (secondary N) is 1. The number of H-pyrrole nitrogens is 1. The Labute approximate surface area is 229 Å². The number of alkyl halides is 3. The first kappa shape index (κ1) is 27.4. The number of rotatable bonds is 8. The van der Waals surface area contributed by atoms with Crippen molar-refractivity contribution in [2.75, 3.05) is 33.9 Å². The van der Waals surface area contributed by atoms with Crippen LogP contribution in [0.5, 0.6) is 17.2 Å². The summed E-state index contributed by atoms with van der Waals surface area (Å²) < 4.78 is 57.4. The molecule has 5 rings (SSSR count). The Balaban J connectivity index is 1.36. The number of fused-ring (bicyclic) bond motifs is 1. The monoisotopic (exact) mass is 553 g/mol. The second-order valence-corrected chi connectivity index (χ2v) is 9.78. The summed E-state index contributed by atoms with van der Waals surface area (Å²) in [7, 11) is 3.00. The molecule has 0 saturated carbocycles. The molecule has 1 amide bonds. The number of carbonyl (C=O) groups excluding carboxylic acids is 1. The van der Waals surface area contributed by atoms with Gasteiger partial charge in [0.1, 0.15) is 5.75 Å². The van der Waals surface area contributed by atoms with Gasteiger partial charge < -0.3 is 24.1 Å². The van der Waals surface area contributed by atoms with Crippen LogP contribution in [0.4, 0.5) is 13.2 Å². The van der Waals surface area contributed by atoms with Gasteiger partial charge in [-0.3, -0.25) is 9.78 Å². The molecule has 1 fully saturated rings. The van der Waals surface area contributed by atoms with Crippen LogP contribution in [0.25, 0.3) is 22.2 Å². The van der Waals surface area contributed by atoms with Gasteiger partial charge in [0.25, 0.3) is 5.91 Å². The molecule has 210 valence electrons. The Kier molecular flexibility index (Phi) is 7.86. The highest BCUT2D eigenvalue weighted by Crippen LogP contribution is 2.40. The number of hydrogen-bond donors (Lipinski definition) is 1. The van der Waals surface area contributed by atoms with Gasteiger partial charge in [-0.1, -0.05) is 6.07 Å². The number of pyridine rings is 1. The zero-order chi connectivity index (χ0) is 28.3. The van der Waals surface area contributed by atoms with Crippen LogP contribution >= 0.6 is 0 Å². The van der Waals surface area contributed by atoms with E-state index in [0.29, 0.717) is 65.3 Å². The van der Waals surface area contributed by atoms with Gasteiger partial charge in [0, 0.05) is 35.8 Å². The third kappa shape index (κ3) is 6.00. The number of piperidine rings is 1. The number of halogens is 3. The number of aromatic amines is 1. The van der Waals surface area contributed by atoms with Crippen molar-refractivity contribution < 1.29 is 32.2 Å². The SMILES string of the molecule is COc1ccc(-c2[nH]c3ccc(C4CCN(C(=O)COc5cccnc5)CC4)cc3c2CC(F)(F)F)cc1OC. The highest BCUT2D eigenvalue weighted by atomic mass is 19.4. The summed E-state index contributed by atoms with van der Waals surface area (Å²) in [6, 6.07) is 14.2. The van der Waals surface area contributed by atoms with Gasteiger partial charge in [-0.25, -0.2) is 0 Å². The van der Waals surface area contributed by atoms with Gasteiger partial charge in [-0.15, -0.1) is 0 Å². The minimum absolute atomic E-state index is 0.0641. The van der Waals surface area contributed by atoms with Gasteiger partial charge in [-0.05, 0) is 72.4 Å². The van der Waals surface area contributed by atoms with Gasteiger partial charge >= 0.3 is 6.18 Å². The highest BCUT2D eigenvalue weighted by molar-refractivity contribution is 5.92. The van der Waals surface area contributed by atoms with Crippen LogP contribution in [0.15, 0.2) is 60.9 Å². The molecular weight excluding hydrogens is 523 g/mol. The second-order valence-electron chi connectivity index (χ2n) is 9.78. The fourth-order valence-corrected chi connectivity index (χ4v) is 5.27. The molecule has 0 radical (unpaired) electrons. The molecule has 0 bridgehead atoms. The third-order valence-corrected chi connectivity index (χ3v) is 7.30. The first-order valence-electron chi connectivity index (χ1n) is 13.0. The zero-order valence-corrected chi connectivity index (χ0v) is 22.3. The molecule has 0 unspecified atom stereocenters. The summed E-state index contributed by atoms with van der Waals surface area (Å²) in [6.45, 7) is 1.04. The lowest BCUT2D eigenvalue weighted by Gasteiger charge is -2.32. The van der Waals surface area contributed by atoms with Gasteiger partial charge in [0.2, 0.25) is 0 Å². The van der Waals surface area contributed by atoms with Crippen LogP contribution in [-0.2, 0) is 11.2 Å². The smallest absolute Gasteiger partial charge is 0.393 e. The topological polar surface area (TPSA) is 76.7 Å². The van der Waals surface area contributed by atoms with Crippen molar-refractivity contribution in [3.8, 4) is 28.5 Å². The van der Waals surface area contributed by atoms with Crippen molar-refractivity contribution in [3.05, 3.63) is 72.1 Å². The molecule has 1 saturated heterocycles. The molecule has 0 spiro atoms. The molecular formula is C30H30F3N3O4. The van der Waals surface area contributed by atoms with E-state index in [1.165, 1.54) is 14.2 Å². The molecule has 7 nitrogen and oxygen atoms in total. The molecule has 2 aromatic heterocycles. The van der Waals surface area contributed by atoms with E-state index >= 15 is 0 Å². The lowest BCUT2D eigenvalue weighted by atomic mass is 9.88. The third-order valence-electron chi connectivity index (χ3n) is 7.30. The normalized spacial score (nSPS) is 14.4. The fraction of sp³-hybridized carbons (Fsp3) is 0.333. The summed E-state index contributed by atoms with van der Waals surface area (Å²) in [5.74, 6) is 1.49. The van der Waals surface area contributed by atoms with Crippen LogP contribution < -0.4 is 14.2 Å². The maximum atomic E-state index is 13.7. The van der Waals surface area contributed by atoms with Crippen molar-refractivity contribution in [2.45, 2.75) is 31.4 Å². The van der Waals surface area contributed by atoms with E-state index in [1.54, 1.807) is 47.6 Å². The molecule has 40 heavy (non-hydrogen) atoms. The zero-order valence-electron chi connectivity index (χ0n) is 22.3. The Morgan fingerprint density at radius 1 is 1.05 bits per heavy atom. The molecule has 2 aromatic carbocycles. The minimum Gasteiger partial charge on any atom is -0.493 e. The molecule has 1 N–H and O–H groups in total. The lowest BCUT2D eigenvalue weighted by molar-refractivity contribution is -0.134. The van der Waals surface area contributed by atoms with Crippen molar-refractivity contribution in [2.24, 2.45) is 0 Å². The standard InChI is InChI=1S/C30H30F3N3O4/c1-38-26-8-6-21(15-27(26)39-2)29-24(16-30(31,32)33)23-14-20(5-7-25(23)35-29)19-9-12-36(13-10-19)28(37)18-40-22-4-3-11-34-17-22/h3-8,11,14-15,17,19,35H,9-10,12-13,16,18H2,1-2H3. The number of methoxy groups -OCH3 is 2. The fourth-order valence-electron chi connectivity index (χ4n) is 5.27. The van der Waals surface area contributed by atoms with Crippen LogP contribution in [0.3, 0.4) is 0 Å². The Morgan fingerprint density at radius 3 is 2.50 bits per heavy atom. The van der Waals surface area contributed by atoms with Crippen LogP contribution in [0, 0.1) is 0 Å². The number of ether oxygens (including phenoxy) is 3. The van der Waals surface area contributed by atoms with Gasteiger partial charge in [0.05, 0.1) is 32.5 Å². The molecule has 1 aliphatic heterocycles. The molecule has 0 aliphatic carbocycles. The average molecular weight is 554 g/mol. The first-order valence-corrected chi connectivity index (χ1v) is 13.0. The molecule has 10 heteroatoms. The Morgan fingerprint density at radius 2 is 1.82 bits per heavy atom. The first-order chi connectivity index (χ1) is 19.3. The van der Waals surface area contributed by atoms with Crippen molar-refractivity contribution in [1.82, 2.24) is 14.9 Å². The quantitative estimate of drug-likeness (QED) is 0.284. The van der Waals surface area contributed by atoms with Gasteiger partial charge in [0.15, 0.2) is 18.1 Å². The van der Waals surface area contributed by atoms with Crippen LogP contribution in [0.1, 0.15) is 29.9 Å². The van der Waals surface area contributed by atoms with E-state index in [1.807, 2.05) is 18.2 Å². The van der Waals surface area contributed by atoms with Crippen molar-refractivity contribution in [1.29, 1.82) is 0 Å². The summed E-state index contributed by atoms with van der Waals surface area (Å²) in [5, 5.41) is 0.544. The lowest BCUT2D eigenvalue weighted by Crippen LogP contribution is -2.40. The number of aromatic nitrogens is 2. The number of nitrogens with zero attached hydrogens (tertiary/aromatic N) is 2. The molecule has 0 atom stereocenters. The number of hydrogen-bond acceptors (Lipinski definition) is 5. The number of amides is 1. The number of benzene rings is 2. The van der Waals surface area contributed by atoms with E-state index < -0.39 is 12.6 Å². The molecule has 3 heterocycles. The van der Waals surface area contributed by atoms with E-state index in [9.17, 15) is 18.0 Å². The van der Waals surface area contributed by atoms with E-state index in [0.717, 1.165) is 5.56 Å². The molecule has 1 aliphatic rings. The predicted molar refractivity (Wildman–Crippen MR) is 145 cm³/mol. The van der Waals surface area contributed by atoms with E-state index in [2.05, 4.69) is 9.97 Å². The van der Waals surface area contributed by atoms with E-state index in [4.69, 9.17) is 14.2 Å². The maximum Gasteiger partial charge on any atom is 0.393 e. The van der Waals surface area contributed by atoms with Gasteiger partial charge in [-0.2, -0.15) is 13.2 Å². The number of likely N-dealkylation sites (tertiary alicyclic amines) is 1. The highest BCUT2D eigenvalue weighted by Gasteiger charge is 2.32. The molecule has 4 aromatic rings. The minimum atomic E-state index is -4.39. The Bertz CT molecular complexity index is 1480. The van der Waals surface area contributed by atoms with Crippen molar-refractivity contribution in [3.63, 3.8) is 0 Å². The summed E-state index contributed by atoms with van der Waals surface area (Å²) in [4.78, 5) is 21.6. The maximum absolute atomic E-state index is 13.7.